The third-order valence-corrected chi connectivity index (χ3v) is 6.14. The van der Waals surface area contributed by atoms with Crippen LogP contribution in [0.25, 0.3) is 0 Å². The third-order valence-electron chi connectivity index (χ3n) is 5.06. The predicted octanol–water partition coefficient (Wildman–Crippen LogP) is 3.08. The number of rotatable bonds is 3. The second-order valence-corrected chi connectivity index (χ2v) is 7.75. The van der Waals surface area contributed by atoms with Crippen LogP contribution in [-0.2, 0) is 6.42 Å². The molecule has 2 fully saturated rings. The van der Waals surface area contributed by atoms with Gasteiger partial charge in [-0.3, -0.25) is 4.79 Å². The standard InChI is InChI=1S/C17H26N2OS/c1-3-4-13-9-16(21-12(13)2)17(20)19-7-5-14-10-18-11-15(14)6-8-19/h9,14-15,18H,3-8,10-11H2,1-2H3/t14-,15+. The van der Waals surface area contributed by atoms with Crippen LogP contribution in [0.15, 0.2) is 6.07 Å². The number of amides is 1. The van der Waals surface area contributed by atoms with Crippen molar-refractivity contribution < 1.29 is 4.79 Å². The van der Waals surface area contributed by atoms with Crippen LogP contribution in [0.2, 0.25) is 0 Å². The Morgan fingerprint density at radius 3 is 2.62 bits per heavy atom. The van der Waals surface area contributed by atoms with Gasteiger partial charge in [0.25, 0.3) is 5.91 Å². The molecule has 2 saturated heterocycles. The Morgan fingerprint density at radius 1 is 1.33 bits per heavy atom. The Balaban J connectivity index is 1.68. The van der Waals surface area contributed by atoms with Gasteiger partial charge < -0.3 is 10.2 Å². The van der Waals surface area contributed by atoms with E-state index >= 15 is 0 Å². The first-order valence-electron chi connectivity index (χ1n) is 8.28. The first-order valence-corrected chi connectivity index (χ1v) is 9.10. The van der Waals surface area contributed by atoms with Gasteiger partial charge in [-0.05, 0) is 62.7 Å². The van der Waals surface area contributed by atoms with Crippen molar-refractivity contribution in [2.24, 2.45) is 11.8 Å². The first kappa shape index (κ1) is 15.0. The largest absolute Gasteiger partial charge is 0.338 e. The zero-order chi connectivity index (χ0) is 14.8. The van der Waals surface area contributed by atoms with Crippen molar-refractivity contribution in [3.05, 3.63) is 21.4 Å². The normalized spacial score (nSPS) is 25.7. The minimum absolute atomic E-state index is 0.262. The minimum Gasteiger partial charge on any atom is -0.338 e. The average molecular weight is 306 g/mol. The molecule has 1 aromatic heterocycles. The van der Waals surface area contributed by atoms with E-state index in [1.54, 1.807) is 11.3 Å². The lowest BCUT2D eigenvalue weighted by Crippen LogP contribution is -2.32. The molecule has 1 N–H and O–H groups in total. The maximum absolute atomic E-state index is 12.8. The van der Waals surface area contributed by atoms with Gasteiger partial charge in [0, 0.05) is 18.0 Å². The van der Waals surface area contributed by atoms with Crippen LogP contribution in [0.3, 0.4) is 0 Å². The van der Waals surface area contributed by atoms with E-state index in [2.05, 4.69) is 30.1 Å². The van der Waals surface area contributed by atoms with E-state index in [1.807, 2.05) is 0 Å². The SMILES string of the molecule is CCCc1cc(C(=O)N2CC[C@@H]3CNC[C@@H]3CC2)sc1C. The number of carbonyl (C=O) groups is 1. The Labute approximate surface area is 131 Å². The number of nitrogens with zero attached hydrogens (tertiary/aromatic N) is 1. The summed E-state index contributed by atoms with van der Waals surface area (Å²) in [5.74, 6) is 1.82. The number of fused-ring (bicyclic) bond motifs is 1. The molecule has 2 aliphatic rings. The first-order chi connectivity index (χ1) is 10.2. The van der Waals surface area contributed by atoms with E-state index in [-0.39, 0.29) is 5.91 Å². The van der Waals surface area contributed by atoms with Gasteiger partial charge in [-0.2, -0.15) is 0 Å². The summed E-state index contributed by atoms with van der Waals surface area (Å²) in [6.07, 6.45) is 4.56. The quantitative estimate of drug-likeness (QED) is 0.931. The molecule has 3 rings (SSSR count). The molecule has 0 aliphatic carbocycles. The highest BCUT2D eigenvalue weighted by atomic mass is 32.1. The fourth-order valence-electron chi connectivity index (χ4n) is 3.72. The number of aryl methyl sites for hydroxylation is 2. The van der Waals surface area contributed by atoms with Gasteiger partial charge >= 0.3 is 0 Å². The smallest absolute Gasteiger partial charge is 0.263 e. The summed E-state index contributed by atoms with van der Waals surface area (Å²) >= 11 is 1.68. The number of carbonyl (C=O) groups excluding carboxylic acids is 1. The van der Waals surface area contributed by atoms with Crippen molar-refractivity contribution in [1.82, 2.24) is 10.2 Å². The summed E-state index contributed by atoms with van der Waals surface area (Å²) in [5, 5.41) is 3.49. The van der Waals surface area contributed by atoms with E-state index in [9.17, 15) is 4.79 Å². The van der Waals surface area contributed by atoms with Gasteiger partial charge in [0.2, 0.25) is 0 Å². The Morgan fingerprint density at radius 2 is 2.00 bits per heavy atom. The fraction of sp³-hybridized carbons (Fsp3) is 0.706. The van der Waals surface area contributed by atoms with Gasteiger partial charge in [0.05, 0.1) is 4.88 Å². The predicted molar refractivity (Wildman–Crippen MR) is 88.0 cm³/mol. The van der Waals surface area contributed by atoms with Crippen LogP contribution in [0, 0.1) is 18.8 Å². The third kappa shape index (κ3) is 3.16. The lowest BCUT2D eigenvalue weighted by Gasteiger charge is -2.20. The molecule has 3 heterocycles. The van der Waals surface area contributed by atoms with Crippen molar-refractivity contribution in [2.45, 2.75) is 39.5 Å². The van der Waals surface area contributed by atoms with Crippen molar-refractivity contribution in [3.8, 4) is 0 Å². The maximum Gasteiger partial charge on any atom is 0.263 e. The molecule has 1 amide bonds. The molecule has 0 aromatic carbocycles. The summed E-state index contributed by atoms with van der Waals surface area (Å²) in [7, 11) is 0. The lowest BCUT2D eigenvalue weighted by atomic mass is 9.92. The van der Waals surface area contributed by atoms with E-state index < -0.39 is 0 Å². The molecular weight excluding hydrogens is 280 g/mol. The van der Waals surface area contributed by atoms with Gasteiger partial charge in [0.15, 0.2) is 0 Å². The molecule has 0 saturated carbocycles. The molecule has 0 bridgehead atoms. The average Bonchev–Trinajstić information content (AvgIpc) is 3.01. The van der Waals surface area contributed by atoms with Gasteiger partial charge in [0.1, 0.15) is 0 Å². The lowest BCUT2D eigenvalue weighted by molar-refractivity contribution is 0.0763. The highest BCUT2D eigenvalue weighted by molar-refractivity contribution is 7.14. The summed E-state index contributed by atoms with van der Waals surface area (Å²) in [6.45, 7) is 8.49. The molecule has 2 atom stereocenters. The number of nitrogens with one attached hydrogen (secondary N) is 1. The second kappa shape index (κ2) is 6.49. The summed E-state index contributed by atoms with van der Waals surface area (Å²) in [6, 6.07) is 2.14. The van der Waals surface area contributed by atoms with Crippen LogP contribution in [0.4, 0.5) is 0 Å². The number of likely N-dealkylation sites (tertiary alicyclic amines) is 1. The van der Waals surface area contributed by atoms with Crippen molar-refractivity contribution in [3.63, 3.8) is 0 Å². The van der Waals surface area contributed by atoms with Crippen molar-refractivity contribution >= 4 is 17.2 Å². The monoisotopic (exact) mass is 306 g/mol. The van der Waals surface area contributed by atoms with Crippen LogP contribution < -0.4 is 5.32 Å². The van der Waals surface area contributed by atoms with E-state index in [4.69, 9.17) is 0 Å². The Hall–Kier alpha value is -0.870. The van der Waals surface area contributed by atoms with Gasteiger partial charge in [-0.1, -0.05) is 13.3 Å². The van der Waals surface area contributed by atoms with Crippen LogP contribution in [-0.4, -0.2) is 37.0 Å². The van der Waals surface area contributed by atoms with E-state index in [0.29, 0.717) is 0 Å². The van der Waals surface area contributed by atoms with Crippen LogP contribution in [0.5, 0.6) is 0 Å². The molecule has 116 valence electrons. The molecule has 21 heavy (non-hydrogen) atoms. The van der Waals surface area contributed by atoms with Crippen molar-refractivity contribution in [1.29, 1.82) is 0 Å². The topological polar surface area (TPSA) is 32.3 Å². The molecule has 1 aromatic rings. The highest BCUT2D eigenvalue weighted by Crippen LogP contribution is 2.29. The molecule has 0 radical (unpaired) electrons. The maximum atomic E-state index is 12.8. The zero-order valence-electron chi connectivity index (χ0n) is 13.2. The number of thiophene rings is 1. The highest BCUT2D eigenvalue weighted by Gasteiger charge is 2.32. The molecule has 4 heteroatoms. The molecule has 2 aliphatic heterocycles. The summed E-state index contributed by atoms with van der Waals surface area (Å²) in [5.41, 5.74) is 1.36. The van der Waals surface area contributed by atoms with E-state index in [0.717, 1.165) is 68.6 Å². The number of hydrogen-bond donors (Lipinski definition) is 1. The fourth-order valence-corrected chi connectivity index (χ4v) is 4.76. The Kier molecular flexibility index (Phi) is 4.65. The zero-order valence-corrected chi connectivity index (χ0v) is 14.0. The molecule has 0 unspecified atom stereocenters. The second-order valence-electron chi connectivity index (χ2n) is 6.49. The summed E-state index contributed by atoms with van der Waals surface area (Å²) in [4.78, 5) is 17.1. The van der Waals surface area contributed by atoms with Crippen LogP contribution in [0.1, 0.15) is 46.3 Å². The molecule has 3 nitrogen and oxygen atoms in total. The number of hydrogen-bond acceptors (Lipinski definition) is 3. The van der Waals surface area contributed by atoms with E-state index in [1.165, 1.54) is 10.4 Å². The van der Waals surface area contributed by atoms with Crippen LogP contribution >= 0.6 is 11.3 Å². The minimum atomic E-state index is 0.262. The molecular formula is C17H26N2OS. The van der Waals surface area contributed by atoms with Gasteiger partial charge in [-0.15, -0.1) is 11.3 Å². The summed E-state index contributed by atoms with van der Waals surface area (Å²) < 4.78 is 0. The van der Waals surface area contributed by atoms with Crippen molar-refractivity contribution in [2.75, 3.05) is 26.2 Å². The van der Waals surface area contributed by atoms with Gasteiger partial charge in [-0.25, -0.2) is 0 Å². The Bertz CT molecular complexity index is 497. The molecule has 0 spiro atoms.